The SMILES string of the molecule is O=[N+]([O-])c1cc([C@H]2C[C@H]2Cl)ccc1O. The molecule has 1 aromatic rings. The van der Waals surface area contributed by atoms with Crippen molar-refractivity contribution in [3.8, 4) is 5.75 Å². The van der Waals surface area contributed by atoms with Crippen molar-refractivity contribution in [2.75, 3.05) is 0 Å². The molecular formula is C9H8ClNO3. The minimum absolute atomic E-state index is 0.0825. The lowest BCUT2D eigenvalue weighted by Crippen LogP contribution is -1.91. The Balaban J connectivity index is 2.36. The normalized spacial score (nSPS) is 24.6. The molecule has 0 aromatic heterocycles. The summed E-state index contributed by atoms with van der Waals surface area (Å²) >= 11 is 5.83. The molecule has 0 bridgehead atoms. The van der Waals surface area contributed by atoms with Crippen molar-refractivity contribution >= 4 is 17.3 Å². The van der Waals surface area contributed by atoms with Gasteiger partial charge in [0, 0.05) is 17.4 Å². The molecule has 2 atom stereocenters. The average Bonchev–Trinajstić information content (AvgIpc) is 2.83. The summed E-state index contributed by atoms with van der Waals surface area (Å²) in [5.74, 6) is -0.0958. The Morgan fingerprint density at radius 1 is 1.57 bits per heavy atom. The molecule has 0 amide bonds. The molecule has 74 valence electrons. The molecule has 1 saturated carbocycles. The van der Waals surface area contributed by atoms with Crippen LogP contribution in [0.1, 0.15) is 17.9 Å². The molecular weight excluding hydrogens is 206 g/mol. The molecule has 2 rings (SSSR count). The number of halogens is 1. The zero-order chi connectivity index (χ0) is 10.3. The van der Waals surface area contributed by atoms with Crippen LogP contribution in [-0.4, -0.2) is 15.4 Å². The van der Waals surface area contributed by atoms with E-state index >= 15 is 0 Å². The third-order valence-corrected chi connectivity index (χ3v) is 2.82. The maximum absolute atomic E-state index is 10.5. The number of nitro groups is 1. The van der Waals surface area contributed by atoms with E-state index in [1.807, 2.05) is 0 Å². The van der Waals surface area contributed by atoms with Crippen LogP contribution in [0.2, 0.25) is 0 Å². The maximum Gasteiger partial charge on any atom is 0.310 e. The molecule has 0 heterocycles. The minimum Gasteiger partial charge on any atom is -0.502 e. The lowest BCUT2D eigenvalue weighted by atomic mass is 10.1. The number of hydrogen-bond acceptors (Lipinski definition) is 3. The van der Waals surface area contributed by atoms with Gasteiger partial charge in [0.2, 0.25) is 0 Å². The van der Waals surface area contributed by atoms with Gasteiger partial charge in [-0.25, -0.2) is 0 Å². The molecule has 0 saturated heterocycles. The highest BCUT2D eigenvalue weighted by molar-refractivity contribution is 6.23. The highest BCUT2D eigenvalue weighted by Crippen LogP contribution is 2.46. The number of phenolic OH excluding ortho intramolecular Hbond substituents is 1. The predicted molar refractivity (Wildman–Crippen MR) is 51.8 cm³/mol. The topological polar surface area (TPSA) is 63.4 Å². The summed E-state index contributed by atoms with van der Waals surface area (Å²) in [5.41, 5.74) is 0.577. The first-order valence-corrected chi connectivity index (χ1v) is 4.64. The summed E-state index contributed by atoms with van der Waals surface area (Å²) in [4.78, 5) is 9.92. The van der Waals surface area contributed by atoms with Gasteiger partial charge in [-0.15, -0.1) is 11.6 Å². The number of aromatic hydroxyl groups is 1. The quantitative estimate of drug-likeness (QED) is 0.466. The zero-order valence-electron chi connectivity index (χ0n) is 7.18. The van der Waals surface area contributed by atoms with Crippen LogP contribution in [0.4, 0.5) is 5.69 Å². The van der Waals surface area contributed by atoms with Crippen LogP contribution in [-0.2, 0) is 0 Å². The zero-order valence-corrected chi connectivity index (χ0v) is 7.94. The molecule has 0 unspecified atom stereocenters. The van der Waals surface area contributed by atoms with Crippen LogP contribution in [0.15, 0.2) is 18.2 Å². The van der Waals surface area contributed by atoms with Crippen LogP contribution in [0, 0.1) is 10.1 Å². The fourth-order valence-corrected chi connectivity index (χ4v) is 1.76. The second kappa shape index (κ2) is 3.13. The van der Waals surface area contributed by atoms with Crippen molar-refractivity contribution < 1.29 is 10.0 Å². The van der Waals surface area contributed by atoms with Gasteiger partial charge in [0.25, 0.3) is 0 Å². The summed E-state index contributed by atoms with van der Waals surface area (Å²) in [5, 5.41) is 19.8. The molecule has 0 spiro atoms. The first kappa shape index (κ1) is 9.27. The molecule has 0 aliphatic heterocycles. The third kappa shape index (κ3) is 1.53. The van der Waals surface area contributed by atoms with Crippen molar-refractivity contribution in [1.29, 1.82) is 0 Å². The van der Waals surface area contributed by atoms with E-state index in [4.69, 9.17) is 11.6 Å². The Kier molecular flexibility index (Phi) is 2.07. The second-order valence-electron chi connectivity index (χ2n) is 3.36. The van der Waals surface area contributed by atoms with Gasteiger partial charge in [0.05, 0.1) is 4.92 Å². The van der Waals surface area contributed by atoms with E-state index in [0.29, 0.717) is 0 Å². The number of rotatable bonds is 2. The van der Waals surface area contributed by atoms with E-state index in [-0.39, 0.29) is 22.7 Å². The van der Waals surface area contributed by atoms with E-state index in [1.165, 1.54) is 12.1 Å². The van der Waals surface area contributed by atoms with E-state index in [1.54, 1.807) is 6.07 Å². The fraction of sp³-hybridized carbons (Fsp3) is 0.333. The summed E-state index contributed by atoms with van der Waals surface area (Å²) in [6.45, 7) is 0. The molecule has 0 radical (unpaired) electrons. The van der Waals surface area contributed by atoms with E-state index in [0.717, 1.165) is 12.0 Å². The van der Waals surface area contributed by atoms with Gasteiger partial charge < -0.3 is 5.11 Å². The van der Waals surface area contributed by atoms with Crippen LogP contribution in [0.3, 0.4) is 0 Å². The molecule has 4 nitrogen and oxygen atoms in total. The Labute approximate surface area is 85.3 Å². The van der Waals surface area contributed by atoms with Gasteiger partial charge in [-0.2, -0.15) is 0 Å². The third-order valence-electron chi connectivity index (χ3n) is 2.34. The minimum atomic E-state index is -0.593. The molecule has 1 aromatic carbocycles. The first-order valence-electron chi connectivity index (χ1n) is 4.21. The number of nitrogens with zero attached hydrogens (tertiary/aromatic N) is 1. The van der Waals surface area contributed by atoms with Gasteiger partial charge in [-0.05, 0) is 18.1 Å². The molecule has 1 aliphatic carbocycles. The predicted octanol–water partition coefficient (Wildman–Crippen LogP) is 2.40. The highest BCUT2D eigenvalue weighted by Gasteiger charge is 2.37. The lowest BCUT2D eigenvalue weighted by Gasteiger charge is -1.99. The van der Waals surface area contributed by atoms with E-state index in [9.17, 15) is 15.2 Å². The van der Waals surface area contributed by atoms with E-state index < -0.39 is 4.92 Å². The van der Waals surface area contributed by atoms with Crippen molar-refractivity contribution in [2.45, 2.75) is 17.7 Å². The molecule has 1 aliphatic rings. The van der Waals surface area contributed by atoms with Gasteiger partial charge in [0.1, 0.15) is 0 Å². The molecule has 5 heteroatoms. The number of benzene rings is 1. The van der Waals surface area contributed by atoms with Crippen LogP contribution < -0.4 is 0 Å². The monoisotopic (exact) mass is 213 g/mol. The number of nitro benzene ring substituents is 1. The fourth-order valence-electron chi connectivity index (χ4n) is 1.43. The Morgan fingerprint density at radius 2 is 2.21 bits per heavy atom. The highest BCUT2D eigenvalue weighted by atomic mass is 35.5. The molecule has 1 fully saturated rings. The number of phenols is 1. The Morgan fingerprint density at radius 3 is 2.71 bits per heavy atom. The first-order chi connectivity index (χ1) is 6.59. The standard InChI is InChI=1S/C9H8ClNO3/c10-7-4-6(7)5-1-2-9(12)8(3-5)11(13)14/h1-3,6-7,12H,4H2/t6-,7-/m1/s1. The number of alkyl halides is 1. The van der Waals surface area contributed by atoms with Crippen molar-refractivity contribution in [3.05, 3.63) is 33.9 Å². The average molecular weight is 214 g/mol. The second-order valence-corrected chi connectivity index (χ2v) is 3.92. The summed E-state index contributed by atoms with van der Waals surface area (Å²) in [7, 11) is 0. The largest absolute Gasteiger partial charge is 0.502 e. The molecule has 14 heavy (non-hydrogen) atoms. The van der Waals surface area contributed by atoms with Crippen molar-refractivity contribution in [2.24, 2.45) is 0 Å². The maximum atomic E-state index is 10.5. The van der Waals surface area contributed by atoms with Crippen molar-refractivity contribution in [1.82, 2.24) is 0 Å². The summed E-state index contributed by atoms with van der Waals surface area (Å²) in [6.07, 6.45) is 0.851. The van der Waals surface area contributed by atoms with Crippen LogP contribution in [0.25, 0.3) is 0 Å². The van der Waals surface area contributed by atoms with Crippen LogP contribution >= 0.6 is 11.6 Å². The van der Waals surface area contributed by atoms with Gasteiger partial charge >= 0.3 is 5.69 Å². The number of hydrogen-bond donors (Lipinski definition) is 1. The molecule has 1 N–H and O–H groups in total. The lowest BCUT2D eigenvalue weighted by molar-refractivity contribution is -0.385. The summed E-state index contributed by atoms with van der Waals surface area (Å²) < 4.78 is 0. The van der Waals surface area contributed by atoms with Gasteiger partial charge in [-0.3, -0.25) is 10.1 Å². The van der Waals surface area contributed by atoms with Gasteiger partial charge in [-0.1, -0.05) is 6.07 Å². The van der Waals surface area contributed by atoms with Crippen LogP contribution in [0.5, 0.6) is 5.75 Å². The Bertz CT molecular complexity index is 394. The smallest absolute Gasteiger partial charge is 0.310 e. The Hall–Kier alpha value is -1.29. The summed E-state index contributed by atoms with van der Waals surface area (Å²) in [6, 6.07) is 4.41. The van der Waals surface area contributed by atoms with Gasteiger partial charge in [0.15, 0.2) is 5.75 Å². The van der Waals surface area contributed by atoms with Crippen molar-refractivity contribution in [3.63, 3.8) is 0 Å². The van der Waals surface area contributed by atoms with E-state index in [2.05, 4.69) is 0 Å².